The quantitative estimate of drug-likeness (QED) is 0.857. The van der Waals surface area contributed by atoms with Crippen LogP contribution in [0.2, 0.25) is 0 Å². The molecule has 0 saturated carbocycles. The average molecular weight is 311 g/mol. The van der Waals surface area contributed by atoms with Crippen molar-refractivity contribution < 1.29 is 18.7 Å². The maximum Gasteiger partial charge on any atom is 0.262 e. The Labute approximate surface area is 127 Å². The molecule has 0 radical (unpaired) electrons. The molecule has 2 saturated heterocycles. The van der Waals surface area contributed by atoms with Crippen LogP contribution in [0.5, 0.6) is 5.75 Å². The molecule has 22 heavy (non-hydrogen) atoms. The summed E-state index contributed by atoms with van der Waals surface area (Å²) in [6, 6.07) is 6.26. The first-order valence-corrected chi connectivity index (χ1v) is 7.39. The zero-order valence-electron chi connectivity index (χ0n) is 12.1. The first-order chi connectivity index (χ1) is 10.5. The molecule has 2 heterocycles. The highest BCUT2D eigenvalue weighted by molar-refractivity contribution is 5.82. The van der Waals surface area contributed by atoms with Crippen LogP contribution in [0.25, 0.3) is 0 Å². The minimum absolute atomic E-state index is 0.208. The van der Waals surface area contributed by atoms with E-state index in [2.05, 4.69) is 5.32 Å². The molecular formula is C15H19F2N3O2. The van der Waals surface area contributed by atoms with Crippen LogP contribution >= 0.6 is 0 Å². The summed E-state index contributed by atoms with van der Waals surface area (Å²) in [4.78, 5) is 15.9. The van der Waals surface area contributed by atoms with Crippen molar-refractivity contribution in [3.8, 4) is 5.75 Å². The van der Waals surface area contributed by atoms with Crippen LogP contribution in [0.15, 0.2) is 24.3 Å². The summed E-state index contributed by atoms with van der Waals surface area (Å²) in [5, 5.41) is 12.5. The summed E-state index contributed by atoms with van der Waals surface area (Å²) in [6.45, 7) is 1.66. The Hall–Kier alpha value is -1.89. The molecule has 2 aliphatic rings. The second-order valence-electron chi connectivity index (χ2n) is 5.79. The molecule has 1 amide bonds. The molecule has 0 spiro atoms. The van der Waals surface area contributed by atoms with Crippen molar-refractivity contribution in [3.05, 3.63) is 24.3 Å². The van der Waals surface area contributed by atoms with Gasteiger partial charge in [0.1, 0.15) is 5.75 Å². The van der Waals surface area contributed by atoms with E-state index in [1.54, 1.807) is 17.0 Å². The molecule has 1 unspecified atom stereocenters. The van der Waals surface area contributed by atoms with Crippen molar-refractivity contribution in [3.63, 3.8) is 0 Å². The number of aromatic hydroxyl groups is 1. The van der Waals surface area contributed by atoms with Crippen molar-refractivity contribution in [1.29, 1.82) is 0 Å². The number of para-hydroxylation sites is 2. The van der Waals surface area contributed by atoms with Gasteiger partial charge in [-0.3, -0.25) is 10.1 Å². The molecule has 1 aromatic carbocycles. The molecule has 120 valence electrons. The Morgan fingerprint density at radius 1 is 1.23 bits per heavy atom. The highest BCUT2D eigenvalue weighted by Gasteiger charge is 2.43. The molecule has 3 rings (SSSR count). The highest BCUT2D eigenvalue weighted by Crippen LogP contribution is 2.29. The van der Waals surface area contributed by atoms with E-state index in [9.17, 15) is 18.7 Å². The molecule has 0 aromatic heterocycles. The van der Waals surface area contributed by atoms with E-state index in [1.165, 1.54) is 0 Å². The topological polar surface area (TPSA) is 55.8 Å². The summed E-state index contributed by atoms with van der Waals surface area (Å²) < 4.78 is 26.4. The minimum Gasteiger partial charge on any atom is -0.506 e. The third-order valence-corrected chi connectivity index (χ3v) is 4.22. The first-order valence-electron chi connectivity index (χ1n) is 7.39. The summed E-state index contributed by atoms with van der Waals surface area (Å²) in [7, 11) is 0. The summed E-state index contributed by atoms with van der Waals surface area (Å²) in [5.41, 5.74) is 0.736. The molecule has 2 fully saturated rings. The number of piperazine rings is 1. The molecule has 0 bridgehead atoms. The SMILES string of the molecule is O=C(C1CC(F)(F)CN1)N1CCN(c2ccccc2O)CC1. The normalized spacial score (nSPS) is 24.5. The number of carbonyl (C=O) groups is 1. The van der Waals surface area contributed by atoms with Gasteiger partial charge in [0.2, 0.25) is 5.91 Å². The van der Waals surface area contributed by atoms with Crippen LogP contribution in [0, 0.1) is 0 Å². The van der Waals surface area contributed by atoms with Crippen molar-refractivity contribution in [1.82, 2.24) is 10.2 Å². The Morgan fingerprint density at radius 2 is 1.91 bits per heavy atom. The number of benzene rings is 1. The van der Waals surface area contributed by atoms with Crippen LogP contribution in [0.3, 0.4) is 0 Å². The van der Waals surface area contributed by atoms with E-state index in [-0.39, 0.29) is 11.7 Å². The maximum absolute atomic E-state index is 13.2. The van der Waals surface area contributed by atoms with Gasteiger partial charge in [-0.15, -0.1) is 0 Å². The third kappa shape index (κ3) is 2.99. The molecular weight excluding hydrogens is 292 g/mol. The van der Waals surface area contributed by atoms with E-state index in [0.29, 0.717) is 26.2 Å². The number of amides is 1. The van der Waals surface area contributed by atoms with E-state index in [1.807, 2.05) is 17.0 Å². The Morgan fingerprint density at radius 3 is 2.50 bits per heavy atom. The van der Waals surface area contributed by atoms with Crippen molar-refractivity contribution >= 4 is 11.6 Å². The van der Waals surface area contributed by atoms with Gasteiger partial charge >= 0.3 is 0 Å². The number of hydrogen-bond donors (Lipinski definition) is 2. The van der Waals surface area contributed by atoms with Gasteiger partial charge in [0.05, 0.1) is 18.3 Å². The van der Waals surface area contributed by atoms with Crippen LogP contribution < -0.4 is 10.2 Å². The molecule has 7 heteroatoms. The van der Waals surface area contributed by atoms with Gasteiger partial charge in [-0.1, -0.05) is 12.1 Å². The predicted octanol–water partition coefficient (Wildman–Crippen LogP) is 1.04. The lowest BCUT2D eigenvalue weighted by atomic mass is 10.1. The lowest BCUT2D eigenvalue weighted by Gasteiger charge is -2.37. The van der Waals surface area contributed by atoms with Gasteiger partial charge in [-0.25, -0.2) is 8.78 Å². The number of alkyl halides is 2. The van der Waals surface area contributed by atoms with Gasteiger partial charge in [-0.2, -0.15) is 0 Å². The van der Waals surface area contributed by atoms with Crippen LogP contribution in [-0.2, 0) is 4.79 Å². The van der Waals surface area contributed by atoms with Crippen LogP contribution in [0.1, 0.15) is 6.42 Å². The van der Waals surface area contributed by atoms with Crippen LogP contribution in [-0.4, -0.2) is 60.6 Å². The van der Waals surface area contributed by atoms with E-state index in [4.69, 9.17) is 0 Å². The summed E-state index contributed by atoms with van der Waals surface area (Å²) >= 11 is 0. The van der Waals surface area contributed by atoms with E-state index in [0.717, 1.165) is 5.69 Å². The van der Waals surface area contributed by atoms with Crippen molar-refractivity contribution in [2.45, 2.75) is 18.4 Å². The fourth-order valence-corrected chi connectivity index (χ4v) is 3.01. The number of halogens is 2. The van der Waals surface area contributed by atoms with Crippen LogP contribution in [0.4, 0.5) is 14.5 Å². The monoisotopic (exact) mass is 311 g/mol. The fraction of sp³-hybridized carbons (Fsp3) is 0.533. The molecule has 5 nitrogen and oxygen atoms in total. The van der Waals surface area contributed by atoms with E-state index >= 15 is 0 Å². The third-order valence-electron chi connectivity index (χ3n) is 4.22. The number of phenols is 1. The fourth-order valence-electron chi connectivity index (χ4n) is 3.01. The molecule has 0 aliphatic carbocycles. The summed E-state index contributed by atoms with van der Waals surface area (Å²) in [5.74, 6) is -2.84. The Kier molecular flexibility index (Phi) is 3.90. The smallest absolute Gasteiger partial charge is 0.262 e. The Bertz CT molecular complexity index is 559. The summed E-state index contributed by atoms with van der Waals surface area (Å²) in [6.07, 6.45) is -0.425. The number of anilines is 1. The van der Waals surface area contributed by atoms with Gasteiger partial charge < -0.3 is 14.9 Å². The van der Waals surface area contributed by atoms with Gasteiger partial charge in [-0.05, 0) is 12.1 Å². The molecule has 1 atom stereocenters. The largest absolute Gasteiger partial charge is 0.506 e. The Balaban J connectivity index is 1.58. The highest BCUT2D eigenvalue weighted by atomic mass is 19.3. The minimum atomic E-state index is -2.79. The molecule has 2 N–H and O–H groups in total. The molecule has 1 aromatic rings. The van der Waals surface area contributed by atoms with Gasteiger partial charge in [0.25, 0.3) is 5.92 Å². The average Bonchev–Trinajstić information content (AvgIpc) is 2.87. The standard InChI is InChI=1S/C15H19F2N3O2/c16-15(17)9-11(18-10-15)14(22)20-7-5-19(6-8-20)12-3-1-2-4-13(12)21/h1-4,11,18,21H,5-10H2. The van der Waals surface area contributed by atoms with Gasteiger partial charge in [0.15, 0.2) is 0 Å². The zero-order valence-corrected chi connectivity index (χ0v) is 12.1. The number of phenolic OH excluding ortho intramolecular Hbond substituents is 1. The second-order valence-corrected chi connectivity index (χ2v) is 5.79. The van der Waals surface area contributed by atoms with E-state index < -0.39 is 24.9 Å². The van der Waals surface area contributed by atoms with Crippen molar-refractivity contribution in [2.24, 2.45) is 0 Å². The zero-order chi connectivity index (χ0) is 15.7. The number of hydrogen-bond acceptors (Lipinski definition) is 4. The number of rotatable bonds is 2. The van der Waals surface area contributed by atoms with Gasteiger partial charge in [0, 0.05) is 32.6 Å². The lowest BCUT2D eigenvalue weighted by molar-refractivity contribution is -0.134. The number of nitrogens with zero attached hydrogens (tertiary/aromatic N) is 2. The maximum atomic E-state index is 13.2. The second kappa shape index (κ2) is 5.72. The molecule has 2 aliphatic heterocycles. The van der Waals surface area contributed by atoms with Crippen molar-refractivity contribution in [2.75, 3.05) is 37.6 Å². The first kappa shape index (κ1) is 15.0. The lowest BCUT2D eigenvalue weighted by Crippen LogP contribution is -2.53. The number of nitrogens with one attached hydrogen (secondary N) is 1. The predicted molar refractivity (Wildman–Crippen MR) is 78.3 cm³/mol. The number of carbonyl (C=O) groups excluding carboxylic acids is 1.